The summed E-state index contributed by atoms with van der Waals surface area (Å²) in [5, 5.41) is 3.96. The summed E-state index contributed by atoms with van der Waals surface area (Å²) in [4.78, 5) is 36.0. The Morgan fingerprint density at radius 3 is 2.42 bits per heavy atom. The molecule has 1 aromatic heterocycles. The molecule has 5 rings (SSSR count). The number of carbonyl (C=O) groups excluding carboxylic acids is 2. The maximum absolute atomic E-state index is 13.1. The molecule has 2 amide bonds. The minimum absolute atomic E-state index is 0.149. The predicted molar refractivity (Wildman–Crippen MR) is 115 cm³/mol. The molecule has 3 aliphatic rings. The van der Waals surface area contributed by atoms with Crippen LogP contribution in [0.3, 0.4) is 0 Å². The number of anilines is 1. The van der Waals surface area contributed by atoms with Crippen LogP contribution in [-0.2, 0) is 9.59 Å². The van der Waals surface area contributed by atoms with E-state index in [9.17, 15) is 9.59 Å². The van der Waals surface area contributed by atoms with Crippen LogP contribution in [0.5, 0.6) is 0 Å². The average Bonchev–Trinajstić information content (AvgIpc) is 3.55. The van der Waals surface area contributed by atoms with Crippen LogP contribution in [0.2, 0.25) is 0 Å². The lowest BCUT2D eigenvalue weighted by molar-refractivity contribution is -0.136. The van der Waals surface area contributed by atoms with E-state index in [0.29, 0.717) is 43.8 Å². The molecule has 0 radical (unpaired) electrons. The number of likely N-dealkylation sites (tertiary alicyclic amines) is 1. The number of piperazine rings is 1. The molecule has 0 spiro atoms. The minimum atomic E-state index is -0.169. The van der Waals surface area contributed by atoms with E-state index in [0.717, 1.165) is 37.2 Å². The number of carbonyl (C=O) groups is 2. The SMILES string of the molecule is Cc1nc(-c2ccc(N3CCN(C(=O)C4CC(=O)N(C5CCCC5)C4)CC3)cc2)no1. The molecule has 2 aliphatic heterocycles. The average molecular weight is 424 g/mol. The standard InChI is InChI=1S/C23H29N5O3/c1-16-24-22(25-31-16)17-6-8-19(9-7-17)26-10-12-27(13-11-26)23(30)18-14-21(29)28(15-18)20-4-2-3-5-20/h6-9,18,20H,2-5,10-15H2,1H3. The molecule has 1 aliphatic carbocycles. The van der Waals surface area contributed by atoms with Gasteiger partial charge in [-0.05, 0) is 37.1 Å². The van der Waals surface area contributed by atoms with Gasteiger partial charge in [-0.3, -0.25) is 9.59 Å². The van der Waals surface area contributed by atoms with Crippen LogP contribution in [0, 0.1) is 12.8 Å². The molecule has 3 heterocycles. The Labute approximate surface area is 182 Å². The fourth-order valence-corrected chi connectivity index (χ4v) is 5.15. The largest absolute Gasteiger partial charge is 0.368 e. The molecule has 31 heavy (non-hydrogen) atoms. The first-order valence-corrected chi connectivity index (χ1v) is 11.3. The van der Waals surface area contributed by atoms with Crippen LogP contribution in [0.4, 0.5) is 5.69 Å². The van der Waals surface area contributed by atoms with Gasteiger partial charge in [0, 0.05) is 63.4 Å². The molecule has 164 valence electrons. The van der Waals surface area contributed by atoms with Crippen LogP contribution in [-0.4, -0.2) is 70.5 Å². The summed E-state index contributed by atoms with van der Waals surface area (Å²) in [7, 11) is 0. The van der Waals surface area contributed by atoms with E-state index in [4.69, 9.17) is 4.52 Å². The summed E-state index contributed by atoms with van der Waals surface area (Å²) < 4.78 is 5.05. The number of hydrogen-bond donors (Lipinski definition) is 0. The molecule has 1 aromatic carbocycles. The number of amides is 2. The molecule has 1 unspecified atom stereocenters. The highest BCUT2D eigenvalue weighted by Gasteiger charge is 2.40. The van der Waals surface area contributed by atoms with Crippen molar-refractivity contribution in [3.63, 3.8) is 0 Å². The fourth-order valence-electron chi connectivity index (χ4n) is 5.15. The quantitative estimate of drug-likeness (QED) is 0.751. The Hall–Kier alpha value is -2.90. The molecule has 1 atom stereocenters. The van der Waals surface area contributed by atoms with Crippen LogP contribution >= 0.6 is 0 Å². The monoisotopic (exact) mass is 423 g/mol. The summed E-state index contributed by atoms with van der Waals surface area (Å²) in [5.41, 5.74) is 2.05. The Kier molecular flexibility index (Phi) is 5.38. The summed E-state index contributed by atoms with van der Waals surface area (Å²) in [6.45, 7) is 5.36. The van der Waals surface area contributed by atoms with Crippen molar-refractivity contribution < 1.29 is 14.1 Å². The third-order valence-electron chi connectivity index (χ3n) is 6.88. The first kappa shape index (κ1) is 20.0. The Morgan fingerprint density at radius 1 is 1.06 bits per heavy atom. The number of hydrogen-bond acceptors (Lipinski definition) is 6. The second-order valence-corrected chi connectivity index (χ2v) is 8.88. The normalized spacial score (nSPS) is 22.5. The molecule has 0 bridgehead atoms. The Bertz CT molecular complexity index is 942. The first-order chi connectivity index (χ1) is 15.1. The summed E-state index contributed by atoms with van der Waals surface area (Å²) in [6, 6.07) is 8.49. The summed E-state index contributed by atoms with van der Waals surface area (Å²) >= 11 is 0. The van der Waals surface area contributed by atoms with Gasteiger partial charge in [-0.15, -0.1) is 0 Å². The maximum Gasteiger partial charge on any atom is 0.228 e. The summed E-state index contributed by atoms with van der Waals surface area (Å²) in [5.74, 6) is 1.29. The van der Waals surface area contributed by atoms with Gasteiger partial charge >= 0.3 is 0 Å². The zero-order chi connectivity index (χ0) is 21.4. The van der Waals surface area contributed by atoms with E-state index in [1.807, 2.05) is 21.9 Å². The van der Waals surface area contributed by atoms with Gasteiger partial charge in [0.2, 0.25) is 23.5 Å². The van der Waals surface area contributed by atoms with Crippen LogP contribution in [0.25, 0.3) is 11.4 Å². The molecule has 1 saturated carbocycles. The highest BCUT2D eigenvalue weighted by Crippen LogP contribution is 2.30. The highest BCUT2D eigenvalue weighted by molar-refractivity contribution is 5.89. The van der Waals surface area contributed by atoms with Crippen LogP contribution in [0.1, 0.15) is 38.0 Å². The van der Waals surface area contributed by atoms with Crippen molar-refractivity contribution in [2.75, 3.05) is 37.6 Å². The van der Waals surface area contributed by atoms with E-state index in [1.165, 1.54) is 12.8 Å². The lowest BCUT2D eigenvalue weighted by Gasteiger charge is -2.37. The zero-order valence-electron chi connectivity index (χ0n) is 18.0. The van der Waals surface area contributed by atoms with Crippen molar-refractivity contribution in [1.29, 1.82) is 0 Å². The maximum atomic E-state index is 13.1. The fraction of sp³-hybridized carbons (Fsp3) is 0.565. The van der Waals surface area contributed by atoms with Gasteiger partial charge in [-0.25, -0.2) is 0 Å². The minimum Gasteiger partial charge on any atom is -0.368 e. The highest BCUT2D eigenvalue weighted by atomic mass is 16.5. The van der Waals surface area contributed by atoms with Gasteiger partial charge in [0.1, 0.15) is 0 Å². The Balaban J connectivity index is 1.16. The third-order valence-corrected chi connectivity index (χ3v) is 6.88. The molecule has 8 heteroatoms. The molecule has 3 fully saturated rings. The number of aryl methyl sites for hydroxylation is 1. The van der Waals surface area contributed by atoms with Gasteiger partial charge in [0.05, 0.1) is 5.92 Å². The molecule has 2 saturated heterocycles. The molecule has 2 aromatic rings. The zero-order valence-corrected chi connectivity index (χ0v) is 18.0. The molecule has 0 N–H and O–H groups in total. The molecular weight excluding hydrogens is 394 g/mol. The van der Waals surface area contributed by atoms with Crippen molar-refractivity contribution in [2.24, 2.45) is 5.92 Å². The third kappa shape index (κ3) is 4.03. The van der Waals surface area contributed by atoms with E-state index in [-0.39, 0.29) is 17.7 Å². The van der Waals surface area contributed by atoms with Gasteiger partial charge < -0.3 is 19.2 Å². The van der Waals surface area contributed by atoms with Crippen LogP contribution in [0.15, 0.2) is 28.8 Å². The smallest absolute Gasteiger partial charge is 0.228 e. The second-order valence-electron chi connectivity index (χ2n) is 8.88. The molecule has 8 nitrogen and oxygen atoms in total. The Morgan fingerprint density at radius 2 is 1.77 bits per heavy atom. The summed E-state index contributed by atoms with van der Waals surface area (Å²) in [6.07, 6.45) is 4.97. The number of nitrogens with zero attached hydrogens (tertiary/aromatic N) is 5. The lowest BCUT2D eigenvalue weighted by Crippen LogP contribution is -2.50. The second kappa shape index (κ2) is 8.32. The topological polar surface area (TPSA) is 82.8 Å². The molecular formula is C23H29N5O3. The van der Waals surface area contributed by atoms with Crippen molar-refractivity contribution in [2.45, 2.75) is 45.1 Å². The van der Waals surface area contributed by atoms with Crippen molar-refractivity contribution in [3.8, 4) is 11.4 Å². The first-order valence-electron chi connectivity index (χ1n) is 11.3. The van der Waals surface area contributed by atoms with E-state index in [1.54, 1.807) is 6.92 Å². The van der Waals surface area contributed by atoms with Gasteiger partial charge in [0.25, 0.3) is 0 Å². The van der Waals surface area contributed by atoms with E-state index >= 15 is 0 Å². The van der Waals surface area contributed by atoms with Crippen LogP contribution < -0.4 is 4.90 Å². The number of aromatic nitrogens is 2. The van der Waals surface area contributed by atoms with Crippen molar-refractivity contribution >= 4 is 17.5 Å². The van der Waals surface area contributed by atoms with Gasteiger partial charge in [0.15, 0.2) is 0 Å². The predicted octanol–water partition coefficient (Wildman–Crippen LogP) is 2.48. The van der Waals surface area contributed by atoms with Gasteiger partial charge in [-0.1, -0.05) is 18.0 Å². The number of rotatable bonds is 4. The van der Waals surface area contributed by atoms with Crippen molar-refractivity contribution in [1.82, 2.24) is 19.9 Å². The van der Waals surface area contributed by atoms with E-state index < -0.39 is 0 Å². The van der Waals surface area contributed by atoms with Crippen molar-refractivity contribution in [3.05, 3.63) is 30.2 Å². The van der Waals surface area contributed by atoms with E-state index in [2.05, 4.69) is 27.2 Å². The van der Waals surface area contributed by atoms with Gasteiger partial charge in [-0.2, -0.15) is 4.98 Å². The number of benzene rings is 1. The lowest BCUT2D eigenvalue weighted by atomic mass is 10.1.